The molecule has 0 aliphatic rings. The molecule has 20 heavy (non-hydrogen) atoms. The van der Waals surface area contributed by atoms with E-state index in [4.69, 9.17) is 5.73 Å². The van der Waals surface area contributed by atoms with Crippen molar-refractivity contribution in [1.82, 2.24) is 15.1 Å². The lowest BCUT2D eigenvalue weighted by Gasteiger charge is -2.08. The number of nitrogens with one attached hydrogen (secondary N) is 1. The second kappa shape index (κ2) is 6.86. The fourth-order valence-electron chi connectivity index (χ4n) is 1.85. The molecule has 5 nitrogen and oxygen atoms in total. The number of nitrogens with two attached hydrogens (primary N) is 1. The van der Waals surface area contributed by atoms with E-state index in [0.717, 1.165) is 11.3 Å². The molecule has 0 bridgehead atoms. The summed E-state index contributed by atoms with van der Waals surface area (Å²) < 4.78 is 1.80. The maximum Gasteiger partial charge on any atom is 0.220 e. The van der Waals surface area contributed by atoms with Gasteiger partial charge in [-0.15, -0.1) is 0 Å². The lowest BCUT2D eigenvalue weighted by molar-refractivity contribution is -0.122. The summed E-state index contributed by atoms with van der Waals surface area (Å²) in [7, 11) is 0. The molecule has 3 N–H and O–H groups in total. The molecule has 0 saturated heterocycles. The number of aromatic nitrogens is 2. The molecule has 1 aromatic heterocycles. The Kier molecular flexibility index (Phi) is 4.90. The highest BCUT2D eigenvalue weighted by Gasteiger charge is 2.08. The summed E-state index contributed by atoms with van der Waals surface area (Å²) in [5.74, 6) is 0.234. The van der Waals surface area contributed by atoms with E-state index >= 15 is 0 Å². The van der Waals surface area contributed by atoms with E-state index in [1.54, 1.807) is 10.9 Å². The van der Waals surface area contributed by atoms with Gasteiger partial charge in [0, 0.05) is 24.7 Å². The quantitative estimate of drug-likeness (QED) is 0.836. The van der Waals surface area contributed by atoms with Gasteiger partial charge in [-0.1, -0.05) is 25.1 Å². The van der Waals surface area contributed by atoms with Crippen LogP contribution in [-0.2, 0) is 11.3 Å². The van der Waals surface area contributed by atoms with Crippen LogP contribution >= 0.6 is 0 Å². The maximum absolute atomic E-state index is 11.7. The monoisotopic (exact) mass is 272 g/mol. The number of hydrogen-bond donors (Lipinski definition) is 2. The van der Waals surface area contributed by atoms with Gasteiger partial charge in [0.1, 0.15) is 0 Å². The van der Waals surface area contributed by atoms with Gasteiger partial charge in [-0.05, 0) is 24.6 Å². The number of amides is 1. The van der Waals surface area contributed by atoms with Crippen molar-refractivity contribution in [3.8, 4) is 5.69 Å². The Morgan fingerprint density at radius 2 is 2.15 bits per heavy atom. The van der Waals surface area contributed by atoms with Crippen LogP contribution in [0.4, 0.5) is 0 Å². The van der Waals surface area contributed by atoms with E-state index in [1.807, 2.05) is 43.5 Å². The summed E-state index contributed by atoms with van der Waals surface area (Å²) in [6, 6.07) is 9.86. The second-order valence-corrected chi connectivity index (χ2v) is 4.95. The number of hydrogen-bond acceptors (Lipinski definition) is 3. The highest BCUT2D eigenvalue weighted by Crippen LogP contribution is 2.07. The number of nitrogens with zero attached hydrogens (tertiary/aromatic N) is 2. The third-order valence-electron chi connectivity index (χ3n) is 3.08. The van der Waals surface area contributed by atoms with E-state index in [2.05, 4.69) is 10.4 Å². The van der Waals surface area contributed by atoms with Crippen molar-refractivity contribution in [1.29, 1.82) is 0 Å². The Hall–Kier alpha value is -2.14. The first-order valence-electron chi connectivity index (χ1n) is 6.74. The predicted molar refractivity (Wildman–Crippen MR) is 78.2 cm³/mol. The third kappa shape index (κ3) is 3.93. The van der Waals surface area contributed by atoms with Gasteiger partial charge in [-0.2, -0.15) is 5.10 Å². The Morgan fingerprint density at radius 1 is 1.40 bits per heavy atom. The third-order valence-corrected chi connectivity index (χ3v) is 3.08. The van der Waals surface area contributed by atoms with Gasteiger partial charge < -0.3 is 11.1 Å². The molecule has 1 heterocycles. The molecule has 2 rings (SSSR count). The van der Waals surface area contributed by atoms with Gasteiger partial charge in [0.2, 0.25) is 5.91 Å². The molecule has 0 fully saturated rings. The van der Waals surface area contributed by atoms with E-state index in [9.17, 15) is 4.79 Å². The molecule has 1 aromatic carbocycles. The van der Waals surface area contributed by atoms with Crippen molar-refractivity contribution in [3.05, 3.63) is 48.3 Å². The highest BCUT2D eigenvalue weighted by molar-refractivity contribution is 5.76. The first kappa shape index (κ1) is 14.3. The zero-order chi connectivity index (χ0) is 14.4. The van der Waals surface area contributed by atoms with Gasteiger partial charge in [0.25, 0.3) is 0 Å². The molecule has 1 amide bonds. The molecule has 0 aliphatic carbocycles. The minimum absolute atomic E-state index is 0.0235. The lowest BCUT2D eigenvalue weighted by atomic mass is 10.1. The van der Waals surface area contributed by atoms with Crippen molar-refractivity contribution in [3.63, 3.8) is 0 Å². The SMILES string of the molecule is CC(CN)CC(=O)NCc1cnn(-c2ccccc2)c1. The number of para-hydroxylation sites is 1. The largest absolute Gasteiger partial charge is 0.352 e. The zero-order valence-electron chi connectivity index (χ0n) is 11.6. The first-order chi connectivity index (χ1) is 9.69. The molecule has 5 heteroatoms. The molecule has 0 spiro atoms. The van der Waals surface area contributed by atoms with E-state index in [0.29, 0.717) is 19.5 Å². The Balaban J connectivity index is 1.89. The Bertz CT molecular complexity index is 550. The van der Waals surface area contributed by atoms with Crippen LogP contribution in [0.5, 0.6) is 0 Å². The topological polar surface area (TPSA) is 72.9 Å². The molecular weight excluding hydrogens is 252 g/mol. The summed E-state index contributed by atoms with van der Waals surface area (Å²) in [4.78, 5) is 11.7. The van der Waals surface area contributed by atoms with Crippen LogP contribution in [0.25, 0.3) is 5.69 Å². The minimum atomic E-state index is 0.0235. The smallest absolute Gasteiger partial charge is 0.220 e. The van der Waals surface area contributed by atoms with Crippen LogP contribution in [-0.4, -0.2) is 22.2 Å². The Labute approximate surface area is 118 Å². The lowest BCUT2D eigenvalue weighted by Crippen LogP contribution is -2.26. The van der Waals surface area contributed by atoms with Crippen molar-refractivity contribution >= 4 is 5.91 Å². The van der Waals surface area contributed by atoms with Crippen LogP contribution in [0.3, 0.4) is 0 Å². The average Bonchev–Trinajstić information content (AvgIpc) is 2.95. The van der Waals surface area contributed by atoms with Crippen molar-refractivity contribution in [2.24, 2.45) is 11.7 Å². The fourth-order valence-corrected chi connectivity index (χ4v) is 1.85. The number of benzene rings is 1. The Morgan fingerprint density at radius 3 is 2.85 bits per heavy atom. The summed E-state index contributed by atoms with van der Waals surface area (Å²) in [5.41, 5.74) is 7.48. The summed E-state index contributed by atoms with van der Waals surface area (Å²) in [6.45, 7) is 2.98. The van der Waals surface area contributed by atoms with Gasteiger partial charge in [0.05, 0.1) is 11.9 Å². The molecule has 2 aromatic rings. The molecule has 0 aliphatic heterocycles. The van der Waals surface area contributed by atoms with Crippen LogP contribution in [0.2, 0.25) is 0 Å². The number of rotatable bonds is 6. The fraction of sp³-hybridized carbons (Fsp3) is 0.333. The summed E-state index contributed by atoms with van der Waals surface area (Å²) in [6.07, 6.45) is 4.14. The molecule has 1 unspecified atom stereocenters. The zero-order valence-corrected chi connectivity index (χ0v) is 11.6. The van der Waals surface area contributed by atoms with Crippen LogP contribution in [0.1, 0.15) is 18.9 Å². The standard InChI is InChI=1S/C15H20N4O/c1-12(8-16)7-15(20)17-9-13-10-18-19(11-13)14-5-3-2-4-6-14/h2-6,10-12H,7-9,16H2,1H3,(H,17,20). The highest BCUT2D eigenvalue weighted by atomic mass is 16.1. The van der Waals surface area contributed by atoms with Gasteiger partial charge in [0.15, 0.2) is 0 Å². The second-order valence-electron chi connectivity index (χ2n) is 4.95. The number of carbonyl (C=O) groups is 1. The van der Waals surface area contributed by atoms with Gasteiger partial charge >= 0.3 is 0 Å². The first-order valence-corrected chi connectivity index (χ1v) is 6.74. The van der Waals surface area contributed by atoms with Crippen molar-refractivity contribution in [2.45, 2.75) is 19.9 Å². The van der Waals surface area contributed by atoms with Gasteiger partial charge in [-0.3, -0.25) is 4.79 Å². The predicted octanol–water partition coefficient (Wildman–Crippen LogP) is 1.47. The molecule has 1 atom stereocenters. The molecule has 0 saturated carbocycles. The van der Waals surface area contributed by atoms with Crippen molar-refractivity contribution in [2.75, 3.05) is 6.54 Å². The molecular formula is C15H20N4O. The molecule has 0 radical (unpaired) electrons. The summed E-state index contributed by atoms with van der Waals surface area (Å²) >= 11 is 0. The van der Waals surface area contributed by atoms with Crippen LogP contribution < -0.4 is 11.1 Å². The number of carbonyl (C=O) groups excluding carboxylic acids is 1. The minimum Gasteiger partial charge on any atom is -0.352 e. The maximum atomic E-state index is 11.7. The van der Waals surface area contributed by atoms with Crippen LogP contribution in [0.15, 0.2) is 42.7 Å². The average molecular weight is 272 g/mol. The van der Waals surface area contributed by atoms with Gasteiger partial charge in [-0.25, -0.2) is 4.68 Å². The normalized spacial score (nSPS) is 12.1. The van der Waals surface area contributed by atoms with Crippen molar-refractivity contribution < 1.29 is 4.79 Å². The van der Waals surface area contributed by atoms with E-state index in [-0.39, 0.29) is 11.8 Å². The van der Waals surface area contributed by atoms with E-state index in [1.165, 1.54) is 0 Å². The van der Waals surface area contributed by atoms with E-state index < -0.39 is 0 Å². The summed E-state index contributed by atoms with van der Waals surface area (Å²) in [5, 5.41) is 7.17. The molecule has 106 valence electrons. The van der Waals surface area contributed by atoms with Crippen LogP contribution in [0, 0.1) is 5.92 Å².